The van der Waals surface area contributed by atoms with Gasteiger partial charge in [-0.3, -0.25) is 0 Å². The van der Waals surface area contributed by atoms with E-state index in [1.165, 1.54) is 77.0 Å². The lowest BCUT2D eigenvalue weighted by atomic mass is 10.0. The molecule has 0 saturated carbocycles. The highest BCUT2D eigenvalue weighted by Gasteiger charge is 2.32. The molecule has 3 heteroatoms. The molecule has 1 rings (SSSR count). The molecule has 3 nitrogen and oxygen atoms in total. The summed E-state index contributed by atoms with van der Waals surface area (Å²) < 4.78 is 5.50. The smallest absolute Gasteiger partial charge is 0.0949 e. The molecule has 1 aliphatic rings. The van der Waals surface area contributed by atoms with Crippen molar-refractivity contribution in [3.63, 3.8) is 0 Å². The van der Waals surface area contributed by atoms with Crippen molar-refractivity contribution >= 4 is 0 Å². The van der Waals surface area contributed by atoms with Gasteiger partial charge in [-0.2, -0.15) is 0 Å². The highest BCUT2D eigenvalue weighted by molar-refractivity contribution is 4.86. The van der Waals surface area contributed by atoms with Gasteiger partial charge in [-0.25, -0.2) is 0 Å². The Morgan fingerprint density at radius 3 is 1.76 bits per heavy atom. The summed E-state index contributed by atoms with van der Waals surface area (Å²) in [4.78, 5) is 0. The number of aliphatic hydroxyl groups is 1. The molecule has 1 fully saturated rings. The summed E-state index contributed by atoms with van der Waals surface area (Å²) in [5, 5.41) is 9.51. The Labute approximate surface area is 131 Å². The van der Waals surface area contributed by atoms with Crippen LogP contribution in [0.4, 0.5) is 0 Å². The van der Waals surface area contributed by atoms with Gasteiger partial charge in [0, 0.05) is 0 Å². The Balaban J connectivity index is 1.77. The van der Waals surface area contributed by atoms with Crippen molar-refractivity contribution in [1.29, 1.82) is 0 Å². The zero-order valence-electron chi connectivity index (χ0n) is 14.1. The highest BCUT2D eigenvalue weighted by Crippen LogP contribution is 2.19. The first kappa shape index (κ1) is 18.9. The van der Waals surface area contributed by atoms with Crippen molar-refractivity contribution in [1.82, 2.24) is 0 Å². The number of rotatable bonds is 13. The van der Waals surface area contributed by atoms with E-state index >= 15 is 0 Å². The van der Waals surface area contributed by atoms with Crippen LogP contribution in [0.25, 0.3) is 0 Å². The molecule has 1 heterocycles. The lowest BCUT2D eigenvalue weighted by Crippen LogP contribution is -2.38. The Bertz CT molecular complexity index is 235. The summed E-state index contributed by atoms with van der Waals surface area (Å²) in [6.07, 6.45) is 17.1. The molecule has 0 bridgehead atoms. The molecule has 3 N–H and O–H groups in total. The fourth-order valence-corrected chi connectivity index (χ4v) is 3.15. The third-order valence-electron chi connectivity index (χ3n) is 4.70. The van der Waals surface area contributed by atoms with Crippen molar-refractivity contribution in [3.05, 3.63) is 0 Å². The second kappa shape index (κ2) is 12.4. The monoisotopic (exact) mass is 299 g/mol. The zero-order valence-corrected chi connectivity index (χ0v) is 14.1. The molecule has 0 unspecified atom stereocenters. The van der Waals surface area contributed by atoms with Crippen molar-refractivity contribution in [2.75, 3.05) is 6.61 Å². The van der Waals surface area contributed by atoms with Gasteiger partial charge in [-0.1, -0.05) is 84.0 Å². The predicted molar refractivity (Wildman–Crippen MR) is 89.4 cm³/mol. The summed E-state index contributed by atoms with van der Waals surface area (Å²) in [7, 11) is 0. The molecule has 1 aliphatic heterocycles. The van der Waals surface area contributed by atoms with Crippen LogP contribution in [0.2, 0.25) is 0 Å². The zero-order chi connectivity index (χ0) is 15.3. The third kappa shape index (κ3) is 8.80. The molecular weight excluding hydrogens is 262 g/mol. The van der Waals surface area contributed by atoms with E-state index in [1.54, 1.807) is 0 Å². The summed E-state index contributed by atoms with van der Waals surface area (Å²) in [6.45, 7) is 2.69. The van der Waals surface area contributed by atoms with E-state index in [-0.39, 0.29) is 12.1 Å². The minimum Gasteiger partial charge on any atom is -0.389 e. The lowest BCUT2D eigenvalue weighted by molar-refractivity contribution is 0.0819. The van der Waals surface area contributed by atoms with Crippen LogP contribution in [-0.2, 0) is 4.74 Å². The molecule has 0 aromatic rings. The molecule has 0 spiro atoms. The van der Waals surface area contributed by atoms with Crippen molar-refractivity contribution < 1.29 is 9.84 Å². The molecule has 126 valence electrons. The van der Waals surface area contributed by atoms with E-state index in [2.05, 4.69) is 6.92 Å². The largest absolute Gasteiger partial charge is 0.389 e. The van der Waals surface area contributed by atoms with Gasteiger partial charge in [0.25, 0.3) is 0 Å². The topological polar surface area (TPSA) is 55.5 Å². The van der Waals surface area contributed by atoms with Gasteiger partial charge in [0.1, 0.15) is 0 Å². The maximum absolute atomic E-state index is 9.51. The van der Waals surface area contributed by atoms with E-state index in [4.69, 9.17) is 10.5 Å². The minimum absolute atomic E-state index is 0.0862. The quantitative estimate of drug-likeness (QED) is 0.502. The molecule has 0 amide bonds. The van der Waals surface area contributed by atoms with Gasteiger partial charge in [0.05, 0.1) is 24.9 Å². The van der Waals surface area contributed by atoms with Crippen LogP contribution in [0.1, 0.15) is 90.4 Å². The van der Waals surface area contributed by atoms with Crippen LogP contribution in [-0.4, -0.2) is 30.0 Å². The average Bonchev–Trinajstić information content (AvgIpc) is 2.80. The Morgan fingerprint density at radius 2 is 1.33 bits per heavy atom. The second-order valence-corrected chi connectivity index (χ2v) is 6.69. The average molecular weight is 299 g/mol. The van der Waals surface area contributed by atoms with Gasteiger partial charge < -0.3 is 15.6 Å². The maximum atomic E-state index is 9.51. The fourth-order valence-electron chi connectivity index (χ4n) is 3.15. The predicted octanol–water partition coefficient (Wildman–Crippen LogP) is 4.16. The Morgan fingerprint density at radius 1 is 0.857 bits per heavy atom. The van der Waals surface area contributed by atoms with E-state index in [9.17, 15) is 5.11 Å². The van der Waals surface area contributed by atoms with Crippen molar-refractivity contribution in [2.24, 2.45) is 5.73 Å². The second-order valence-electron chi connectivity index (χ2n) is 6.69. The molecule has 0 radical (unpaired) electrons. The van der Waals surface area contributed by atoms with Crippen LogP contribution < -0.4 is 5.73 Å². The fraction of sp³-hybridized carbons (Fsp3) is 1.00. The SMILES string of the molecule is CCCCCCCCCCCCCC[C@@H]1OC[C@@H](O)[C@H]1N. The first-order valence-electron chi connectivity index (χ1n) is 9.31. The van der Waals surface area contributed by atoms with E-state index in [0.29, 0.717) is 6.61 Å². The molecule has 0 aromatic heterocycles. The van der Waals surface area contributed by atoms with Gasteiger partial charge >= 0.3 is 0 Å². The molecular formula is C18H37NO2. The number of unbranched alkanes of at least 4 members (excludes halogenated alkanes) is 11. The number of hydrogen-bond donors (Lipinski definition) is 2. The van der Waals surface area contributed by atoms with Crippen LogP contribution in [0.15, 0.2) is 0 Å². The van der Waals surface area contributed by atoms with Crippen LogP contribution in [0.5, 0.6) is 0 Å². The van der Waals surface area contributed by atoms with Gasteiger partial charge in [0.15, 0.2) is 0 Å². The Hall–Kier alpha value is -0.120. The molecule has 3 atom stereocenters. The van der Waals surface area contributed by atoms with Crippen molar-refractivity contribution in [2.45, 2.75) is 109 Å². The normalized spacial score (nSPS) is 25.6. The first-order chi connectivity index (χ1) is 10.3. The standard InChI is InChI=1S/C18H37NO2/c1-2-3-4-5-6-7-8-9-10-11-12-13-14-17-18(19)16(20)15-21-17/h16-18,20H,2-15,19H2,1H3/t16-,17+,18-/m1/s1. The summed E-state index contributed by atoms with van der Waals surface area (Å²) >= 11 is 0. The summed E-state index contributed by atoms with van der Waals surface area (Å²) in [5.41, 5.74) is 5.89. The number of aliphatic hydroxyl groups excluding tert-OH is 1. The maximum Gasteiger partial charge on any atom is 0.0949 e. The highest BCUT2D eigenvalue weighted by atomic mass is 16.5. The third-order valence-corrected chi connectivity index (χ3v) is 4.70. The van der Waals surface area contributed by atoms with E-state index in [1.807, 2.05) is 0 Å². The number of nitrogens with two attached hydrogens (primary N) is 1. The summed E-state index contributed by atoms with van der Waals surface area (Å²) in [6, 6.07) is -0.169. The molecule has 0 aliphatic carbocycles. The molecule has 0 aromatic carbocycles. The minimum atomic E-state index is -0.452. The molecule has 21 heavy (non-hydrogen) atoms. The van der Waals surface area contributed by atoms with Gasteiger partial charge in [-0.15, -0.1) is 0 Å². The van der Waals surface area contributed by atoms with Crippen LogP contribution >= 0.6 is 0 Å². The number of ether oxygens (including phenoxy) is 1. The lowest BCUT2D eigenvalue weighted by Gasteiger charge is -2.15. The van der Waals surface area contributed by atoms with E-state index < -0.39 is 6.10 Å². The molecule has 1 saturated heterocycles. The Kier molecular flexibility index (Phi) is 11.2. The van der Waals surface area contributed by atoms with Gasteiger partial charge in [0.2, 0.25) is 0 Å². The number of hydrogen-bond acceptors (Lipinski definition) is 3. The first-order valence-corrected chi connectivity index (χ1v) is 9.31. The van der Waals surface area contributed by atoms with Crippen LogP contribution in [0, 0.1) is 0 Å². The summed E-state index contributed by atoms with van der Waals surface area (Å²) in [5.74, 6) is 0. The van der Waals surface area contributed by atoms with Crippen LogP contribution in [0.3, 0.4) is 0 Å². The van der Waals surface area contributed by atoms with Crippen molar-refractivity contribution in [3.8, 4) is 0 Å². The van der Waals surface area contributed by atoms with E-state index in [0.717, 1.165) is 6.42 Å². The van der Waals surface area contributed by atoms with Gasteiger partial charge in [-0.05, 0) is 6.42 Å².